The zero-order valence-electron chi connectivity index (χ0n) is 11.8. The first-order valence-electron chi connectivity index (χ1n) is 6.58. The van der Waals surface area contributed by atoms with Crippen LogP contribution in [0.5, 0.6) is 0 Å². The van der Waals surface area contributed by atoms with E-state index in [-0.39, 0.29) is 6.03 Å². The third kappa shape index (κ3) is 2.69. The Bertz CT molecular complexity index is 809. The molecule has 0 aliphatic carbocycles. The number of nitrogens with zero attached hydrogens (tertiary/aromatic N) is 3. The van der Waals surface area contributed by atoms with Crippen LogP contribution in [0.3, 0.4) is 0 Å². The van der Waals surface area contributed by atoms with Gasteiger partial charge in [-0.15, -0.1) is 10.2 Å². The molecule has 1 aromatic carbocycles. The van der Waals surface area contributed by atoms with Gasteiger partial charge >= 0.3 is 6.03 Å². The summed E-state index contributed by atoms with van der Waals surface area (Å²) in [5.74, 6) is 0.771. The van der Waals surface area contributed by atoms with Gasteiger partial charge in [0.25, 0.3) is 0 Å². The Balaban J connectivity index is 1.77. The molecule has 0 bridgehead atoms. The lowest BCUT2D eigenvalue weighted by molar-refractivity contribution is 0.262. The minimum absolute atomic E-state index is 0.283. The molecule has 2 amide bonds. The van der Waals surface area contributed by atoms with Gasteiger partial charge in [-0.2, -0.15) is 0 Å². The summed E-state index contributed by atoms with van der Waals surface area (Å²) in [4.78, 5) is 12.0. The molecule has 6 nitrogen and oxygen atoms in total. The van der Waals surface area contributed by atoms with Gasteiger partial charge in [0, 0.05) is 11.9 Å². The zero-order valence-corrected chi connectivity index (χ0v) is 11.8. The van der Waals surface area contributed by atoms with Crippen LogP contribution in [-0.4, -0.2) is 20.6 Å². The van der Waals surface area contributed by atoms with Crippen molar-refractivity contribution in [2.45, 2.75) is 13.8 Å². The number of urea groups is 1. The number of rotatable bonds is 2. The molecule has 2 heterocycles. The third-order valence-corrected chi connectivity index (χ3v) is 3.22. The second kappa shape index (κ2) is 5.24. The number of carbonyl (C=O) groups excluding carboxylic acids is 1. The predicted molar refractivity (Wildman–Crippen MR) is 81.5 cm³/mol. The van der Waals surface area contributed by atoms with Crippen LogP contribution in [0.2, 0.25) is 0 Å². The topological polar surface area (TPSA) is 71.3 Å². The van der Waals surface area contributed by atoms with Crippen molar-refractivity contribution in [1.29, 1.82) is 0 Å². The number of benzene rings is 1. The Morgan fingerprint density at radius 1 is 1.05 bits per heavy atom. The van der Waals surface area contributed by atoms with Crippen LogP contribution < -0.4 is 10.6 Å². The molecule has 0 atom stereocenters. The van der Waals surface area contributed by atoms with Crippen molar-refractivity contribution in [2.75, 3.05) is 10.6 Å². The number of carbonyl (C=O) groups is 1. The van der Waals surface area contributed by atoms with Gasteiger partial charge in [-0.05, 0) is 37.6 Å². The molecule has 2 aromatic heterocycles. The highest BCUT2D eigenvalue weighted by Gasteiger charge is 2.06. The predicted octanol–water partition coefficient (Wildman–Crippen LogP) is 2.99. The Morgan fingerprint density at radius 3 is 2.67 bits per heavy atom. The van der Waals surface area contributed by atoms with Crippen molar-refractivity contribution in [3.05, 3.63) is 54.0 Å². The molecular weight excluding hydrogens is 266 g/mol. The average Bonchev–Trinajstić information content (AvgIpc) is 2.83. The first-order chi connectivity index (χ1) is 10.1. The molecule has 3 rings (SSSR count). The molecule has 21 heavy (non-hydrogen) atoms. The van der Waals surface area contributed by atoms with Crippen molar-refractivity contribution in [2.24, 2.45) is 0 Å². The van der Waals surface area contributed by atoms with Crippen LogP contribution in [0.4, 0.5) is 16.2 Å². The second-order valence-corrected chi connectivity index (χ2v) is 4.79. The first kappa shape index (κ1) is 13.1. The highest BCUT2D eigenvalue weighted by molar-refractivity contribution is 6.00. The van der Waals surface area contributed by atoms with Gasteiger partial charge in [0.1, 0.15) is 5.82 Å². The van der Waals surface area contributed by atoms with Gasteiger partial charge in [-0.1, -0.05) is 18.2 Å². The van der Waals surface area contributed by atoms with E-state index < -0.39 is 0 Å². The van der Waals surface area contributed by atoms with E-state index >= 15 is 0 Å². The van der Waals surface area contributed by atoms with Crippen molar-refractivity contribution in [1.82, 2.24) is 14.6 Å². The largest absolute Gasteiger partial charge is 0.323 e. The van der Waals surface area contributed by atoms with Crippen LogP contribution in [0, 0.1) is 13.8 Å². The fourth-order valence-electron chi connectivity index (χ4n) is 2.08. The number of aromatic nitrogens is 3. The van der Waals surface area contributed by atoms with E-state index in [1.807, 2.05) is 48.6 Å². The van der Waals surface area contributed by atoms with Gasteiger partial charge in [0.05, 0.1) is 5.69 Å². The standard InChI is InChI=1S/C15H15N5O/c1-10-5-3-4-6-13(10)17-15(21)16-12-7-8-14-19-18-11(2)20(14)9-12/h3-9H,1-2H3,(H2,16,17,21). The van der Waals surface area contributed by atoms with Crippen LogP contribution in [0.15, 0.2) is 42.6 Å². The summed E-state index contributed by atoms with van der Waals surface area (Å²) in [5, 5.41) is 13.6. The molecule has 0 fully saturated rings. The fourth-order valence-corrected chi connectivity index (χ4v) is 2.08. The van der Waals surface area contributed by atoms with E-state index in [1.54, 1.807) is 12.3 Å². The van der Waals surface area contributed by atoms with Crippen LogP contribution in [-0.2, 0) is 0 Å². The number of fused-ring (bicyclic) bond motifs is 1. The fraction of sp³-hybridized carbons (Fsp3) is 0.133. The van der Waals surface area contributed by atoms with Gasteiger partial charge < -0.3 is 10.6 Å². The number of hydrogen-bond donors (Lipinski definition) is 2. The summed E-state index contributed by atoms with van der Waals surface area (Å²) in [6, 6.07) is 10.9. The number of aryl methyl sites for hydroxylation is 2. The maximum absolute atomic E-state index is 12.0. The smallest absolute Gasteiger partial charge is 0.307 e. The summed E-state index contributed by atoms with van der Waals surface area (Å²) in [6.07, 6.45) is 1.79. The summed E-state index contributed by atoms with van der Waals surface area (Å²) in [6.45, 7) is 3.80. The number of hydrogen-bond acceptors (Lipinski definition) is 3. The van der Waals surface area contributed by atoms with E-state index in [0.717, 1.165) is 22.7 Å². The molecule has 2 N–H and O–H groups in total. The molecule has 0 aliphatic rings. The molecule has 0 saturated carbocycles. The Morgan fingerprint density at radius 2 is 1.86 bits per heavy atom. The number of anilines is 2. The second-order valence-electron chi connectivity index (χ2n) is 4.79. The molecule has 0 unspecified atom stereocenters. The quantitative estimate of drug-likeness (QED) is 0.758. The molecule has 0 aliphatic heterocycles. The number of nitrogens with one attached hydrogen (secondary N) is 2. The third-order valence-electron chi connectivity index (χ3n) is 3.22. The molecule has 6 heteroatoms. The number of pyridine rings is 1. The van der Waals surface area contributed by atoms with Gasteiger partial charge in [-0.3, -0.25) is 4.40 Å². The monoisotopic (exact) mass is 281 g/mol. The van der Waals surface area contributed by atoms with Crippen LogP contribution >= 0.6 is 0 Å². The maximum Gasteiger partial charge on any atom is 0.323 e. The van der Waals surface area contributed by atoms with E-state index in [0.29, 0.717) is 5.69 Å². The van der Waals surface area contributed by atoms with Crippen LogP contribution in [0.1, 0.15) is 11.4 Å². The summed E-state index contributed by atoms with van der Waals surface area (Å²) in [7, 11) is 0. The molecule has 0 spiro atoms. The highest BCUT2D eigenvalue weighted by atomic mass is 16.2. The lowest BCUT2D eigenvalue weighted by Crippen LogP contribution is -2.20. The Labute approximate surface area is 121 Å². The first-order valence-corrected chi connectivity index (χ1v) is 6.58. The van der Waals surface area contributed by atoms with Crippen LogP contribution in [0.25, 0.3) is 5.65 Å². The van der Waals surface area contributed by atoms with Crippen molar-refractivity contribution < 1.29 is 4.79 Å². The van der Waals surface area contributed by atoms with E-state index in [4.69, 9.17) is 0 Å². The van der Waals surface area contributed by atoms with E-state index in [1.165, 1.54) is 0 Å². The van der Waals surface area contributed by atoms with E-state index in [9.17, 15) is 4.79 Å². The Kier molecular flexibility index (Phi) is 3.27. The van der Waals surface area contributed by atoms with Gasteiger partial charge in [-0.25, -0.2) is 4.79 Å². The lowest BCUT2D eigenvalue weighted by Gasteiger charge is -2.10. The van der Waals surface area contributed by atoms with E-state index in [2.05, 4.69) is 20.8 Å². The van der Waals surface area contributed by atoms with Crippen molar-refractivity contribution >= 4 is 23.1 Å². The molecule has 106 valence electrons. The lowest BCUT2D eigenvalue weighted by atomic mass is 10.2. The zero-order chi connectivity index (χ0) is 14.8. The number of para-hydroxylation sites is 1. The SMILES string of the molecule is Cc1ccccc1NC(=O)Nc1ccc2nnc(C)n2c1. The van der Waals surface area contributed by atoms with Crippen molar-refractivity contribution in [3.8, 4) is 0 Å². The van der Waals surface area contributed by atoms with Gasteiger partial charge in [0.2, 0.25) is 0 Å². The molecule has 0 saturated heterocycles. The molecule has 3 aromatic rings. The summed E-state index contributed by atoms with van der Waals surface area (Å²) >= 11 is 0. The normalized spacial score (nSPS) is 10.6. The minimum atomic E-state index is -0.283. The van der Waals surface area contributed by atoms with Gasteiger partial charge in [0.15, 0.2) is 5.65 Å². The number of amides is 2. The van der Waals surface area contributed by atoms with Crippen molar-refractivity contribution in [3.63, 3.8) is 0 Å². The highest BCUT2D eigenvalue weighted by Crippen LogP contribution is 2.15. The average molecular weight is 281 g/mol. The minimum Gasteiger partial charge on any atom is -0.307 e. The maximum atomic E-state index is 12.0. The molecular formula is C15H15N5O. The summed E-state index contributed by atoms with van der Waals surface area (Å²) < 4.78 is 1.82. The summed E-state index contributed by atoms with van der Waals surface area (Å²) in [5.41, 5.74) is 3.23. The molecule has 0 radical (unpaired) electrons. The Hall–Kier alpha value is -2.89.